The minimum Gasteiger partial charge on any atom is -0.396 e. The highest BCUT2D eigenvalue weighted by atomic mass is 32.1. The minimum absolute atomic E-state index is 0.100. The summed E-state index contributed by atoms with van der Waals surface area (Å²) in [5.74, 6) is 0.401. The molecular formula is C14H17N3O2S. The smallest absolute Gasteiger partial charge is 0.263 e. The maximum atomic E-state index is 12.2. The zero-order valence-corrected chi connectivity index (χ0v) is 11.9. The number of nitrogens with two attached hydrogens (primary N) is 1. The molecule has 2 aromatic rings. The van der Waals surface area contributed by atoms with Crippen molar-refractivity contribution in [3.63, 3.8) is 0 Å². The van der Waals surface area contributed by atoms with Crippen molar-refractivity contribution < 1.29 is 9.53 Å². The van der Waals surface area contributed by atoms with E-state index in [0.717, 1.165) is 30.8 Å². The normalized spacial score (nSPS) is 16.4. The van der Waals surface area contributed by atoms with E-state index in [1.54, 1.807) is 6.20 Å². The summed E-state index contributed by atoms with van der Waals surface area (Å²) < 4.78 is 6.26. The van der Waals surface area contributed by atoms with Crippen molar-refractivity contribution in [3.8, 4) is 0 Å². The lowest BCUT2D eigenvalue weighted by molar-refractivity contribution is 0.0643. The fourth-order valence-corrected chi connectivity index (χ4v) is 3.38. The summed E-state index contributed by atoms with van der Waals surface area (Å²) in [5.41, 5.74) is 7.21. The van der Waals surface area contributed by atoms with Gasteiger partial charge in [-0.3, -0.25) is 9.78 Å². The van der Waals surface area contributed by atoms with Crippen molar-refractivity contribution in [2.24, 2.45) is 5.92 Å². The second-order valence-electron chi connectivity index (χ2n) is 4.96. The number of thiophene rings is 1. The second-order valence-corrected chi connectivity index (χ2v) is 6.01. The van der Waals surface area contributed by atoms with E-state index in [9.17, 15) is 4.79 Å². The molecule has 1 fully saturated rings. The Hall–Kier alpha value is -1.66. The summed E-state index contributed by atoms with van der Waals surface area (Å²) in [7, 11) is 0. The monoisotopic (exact) mass is 291 g/mol. The molecule has 0 bridgehead atoms. The number of carbonyl (C=O) groups excluding carboxylic acids is 1. The molecule has 106 valence electrons. The van der Waals surface area contributed by atoms with Crippen molar-refractivity contribution in [1.82, 2.24) is 10.3 Å². The summed E-state index contributed by atoms with van der Waals surface area (Å²) in [6, 6.07) is 3.78. The molecule has 20 heavy (non-hydrogen) atoms. The molecule has 1 amide bonds. The third-order valence-electron chi connectivity index (χ3n) is 3.58. The molecule has 1 aliphatic rings. The first-order chi connectivity index (χ1) is 9.75. The number of anilines is 1. The fraction of sp³-hybridized carbons (Fsp3) is 0.429. The maximum Gasteiger partial charge on any atom is 0.263 e. The van der Waals surface area contributed by atoms with Crippen LogP contribution in [0.1, 0.15) is 22.5 Å². The van der Waals surface area contributed by atoms with Gasteiger partial charge in [-0.25, -0.2) is 0 Å². The topological polar surface area (TPSA) is 77.2 Å². The molecule has 0 aromatic carbocycles. The van der Waals surface area contributed by atoms with E-state index in [1.165, 1.54) is 11.3 Å². The molecule has 0 radical (unpaired) electrons. The summed E-state index contributed by atoms with van der Waals surface area (Å²) in [6.45, 7) is 2.26. The number of hydrogen-bond donors (Lipinski definition) is 2. The van der Waals surface area contributed by atoms with Gasteiger partial charge in [0.1, 0.15) is 10.4 Å². The number of carbonyl (C=O) groups is 1. The summed E-state index contributed by atoms with van der Waals surface area (Å²) in [4.78, 5) is 17.0. The average molecular weight is 291 g/mol. The van der Waals surface area contributed by atoms with Crippen molar-refractivity contribution in [2.45, 2.75) is 12.8 Å². The van der Waals surface area contributed by atoms with Gasteiger partial charge in [0.15, 0.2) is 0 Å². The van der Waals surface area contributed by atoms with Crippen LogP contribution >= 0.6 is 11.3 Å². The number of nitrogens with one attached hydrogen (secondary N) is 1. The number of nitrogen functional groups attached to an aromatic ring is 1. The lowest BCUT2D eigenvalue weighted by Crippen LogP contribution is -2.32. The molecule has 0 atom stereocenters. The molecule has 3 N–H and O–H groups in total. The largest absolute Gasteiger partial charge is 0.396 e. The van der Waals surface area contributed by atoms with Crippen molar-refractivity contribution in [2.75, 3.05) is 25.5 Å². The van der Waals surface area contributed by atoms with Crippen LogP contribution in [-0.4, -0.2) is 30.6 Å². The van der Waals surface area contributed by atoms with Crippen LogP contribution in [0.4, 0.5) is 5.69 Å². The van der Waals surface area contributed by atoms with Gasteiger partial charge in [0, 0.05) is 26.0 Å². The van der Waals surface area contributed by atoms with Crippen molar-refractivity contribution in [1.29, 1.82) is 0 Å². The van der Waals surface area contributed by atoms with E-state index < -0.39 is 0 Å². The minimum atomic E-state index is -0.100. The first-order valence-electron chi connectivity index (χ1n) is 6.74. The Morgan fingerprint density at radius 3 is 3.05 bits per heavy atom. The third-order valence-corrected chi connectivity index (χ3v) is 4.74. The predicted octanol–water partition coefficient (Wildman–Crippen LogP) is 2.03. The van der Waals surface area contributed by atoms with Crippen molar-refractivity contribution >= 4 is 33.1 Å². The fourth-order valence-electron chi connectivity index (χ4n) is 2.38. The standard InChI is InChI=1S/C14H17N3O2S/c15-11-12-10(2-1-5-16-12)20-13(11)14(18)17-8-9-3-6-19-7-4-9/h1-2,5,9H,3-4,6-8,15H2,(H,17,18). The highest BCUT2D eigenvalue weighted by molar-refractivity contribution is 7.21. The number of pyridine rings is 1. The summed E-state index contributed by atoms with van der Waals surface area (Å²) in [6.07, 6.45) is 3.70. The molecule has 1 aliphatic heterocycles. The Morgan fingerprint density at radius 2 is 2.30 bits per heavy atom. The Balaban J connectivity index is 1.70. The number of amides is 1. The molecule has 0 saturated carbocycles. The van der Waals surface area contributed by atoms with Gasteiger partial charge in [-0.05, 0) is 30.9 Å². The van der Waals surface area contributed by atoms with Gasteiger partial charge in [-0.1, -0.05) is 0 Å². The maximum absolute atomic E-state index is 12.2. The van der Waals surface area contributed by atoms with E-state index in [4.69, 9.17) is 10.5 Å². The lowest BCUT2D eigenvalue weighted by atomic mass is 10.0. The van der Waals surface area contributed by atoms with Crippen molar-refractivity contribution in [3.05, 3.63) is 23.2 Å². The molecule has 2 aromatic heterocycles. The van der Waals surface area contributed by atoms with E-state index in [1.807, 2.05) is 12.1 Å². The van der Waals surface area contributed by atoms with Crippen LogP contribution in [0.15, 0.2) is 18.3 Å². The van der Waals surface area contributed by atoms with E-state index in [0.29, 0.717) is 28.5 Å². The van der Waals surface area contributed by atoms with Crippen LogP contribution in [-0.2, 0) is 4.74 Å². The van der Waals surface area contributed by atoms with Gasteiger partial charge in [-0.15, -0.1) is 11.3 Å². The van der Waals surface area contributed by atoms with E-state index in [2.05, 4.69) is 10.3 Å². The molecule has 0 aliphatic carbocycles. The van der Waals surface area contributed by atoms with Crippen LogP contribution in [0.2, 0.25) is 0 Å². The molecule has 1 saturated heterocycles. The highest BCUT2D eigenvalue weighted by Gasteiger charge is 2.19. The Morgan fingerprint density at radius 1 is 1.50 bits per heavy atom. The van der Waals surface area contributed by atoms with Crippen LogP contribution in [0, 0.1) is 5.92 Å². The van der Waals surface area contributed by atoms with Gasteiger partial charge in [0.25, 0.3) is 5.91 Å². The second kappa shape index (κ2) is 5.76. The van der Waals surface area contributed by atoms with Gasteiger partial charge in [-0.2, -0.15) is 0 Å². The van der Waals surface area contributed by atoms with Gasteiger partial charge in [0.05, 0.1) is 10.4 Å². The molecule has 6 heteroatoms. The molecule has 0 unspecified atom stereocenters. The number of ether oxygens (including phenoxy) is 1. The Kier molecular flexibility index (Phi) is 3.84. The van der Waals surface area contributed by atoms with E-state index >= 15 is 0 Å². The molecular weight excluding hydrogens is 274 g/mol. The van der Waals surface area contributed by atoms with Gasteiger partial charge >= 0.3 is 0 Å². The van der Waals surface area contributed by atoms with E-state index in [-0.39, 0.29) is 5.91 Å². The third kappa shape index (κ3) is 2.62. The van der Waals surface area contributed by atoms with Gasteiger partial charge in [0.2, 0.25) is 0 Å². The zero-order chi connectivity index (χ0) is 13.9. The SMILES string of the molecule is Nc1c(C(=O)NCC2CCOCC2)sc2cccnc12. The molecule has 3 rings (SSSR count). The summed E-state index contributed by atoms with van der Waals surface area (Å²) >= 11 is 1.39. The van der Waals surface area contributed by atoms with Crippen LogP contribution in [0.5, 0.6) is 0 Å². The van der Waals surface area contributed by atoms with Crippen LogP contribution in [0.25, 0.3) is 10.2 Å². The van der Waals surface area contributed by atoms with Crippen LogP contribution in [0.3, 0.4) is 0 Å². The number of rotatable bonds is 3. The quantitative estimate of drug-likeness (QED) is 0.907. The number of hydrogen-bond acceptors (Lipinski definition) is 5. The first-order valence-corrected chi connectivity index (χ1v) is 7.56. The molecule has 5 nitrogen and oxygen atoms in total. The highest BCUT2D eigenvalue weighted by Crippen LogP contribution is 2.31. The average Bonchev–Trinajstić information content (AvgIpc) is 2.84. The lowest BCUT2D eigenvalue weighted by Gasteiger charge is -2.22. The Labute approximate surface area is 121 Å². The van der Waals surface area contributed by atoms with Crippen LogP contribution < -0.4 is 11.1 Å². The molecule has 0 spiro atoms. The number of nitrogens with zero attached hydrogens (tertiary/aromatic N) is 1. The zero-order valence-electron chi connectivity index (χ0n) is 11.1. The predicted molar refractivity (Wildman–Crippen MR) is 79.9 cm³/mol. The molecule has 3 heterocycles. The summed E-state index contributed by atoms with van der Waals surface area (Å²) in [5, 5.41) is 2.98. The Bertz CT molecular complexity index is 620. The number of aromatic nitrogens is 1. The number of fused-ring (bicyclic) bond motifs is 1. The van der Waals surface area contributed by atoms with Gasteiger partial charge < -0.3 is 15.8 Å². The first kappa shape index (κ1) is 13.3.